The topological polar surface area (TPSA) is 98.7 Å². The van der Waals surface area contributed by atoms with Crippen LogP contribution < -0.4 is 10.6 Å². The molecule has 0 aliphatic carbocycles. The summed E-state index contributed by atoms with van der Waals surface area (Å²) in [5, 5.41) is 23.2. The lowest BCUT2D eigenvalue weighted by atomic mass is 10.2. The number of thiol groups is 2. The van der Waals surface area contributed by atoms with Crippen LogP contribution in [0.4, 0.5) is 0 Å². The molecule has 0 aromatic rings. The Hall–Kier alpha value is -2.00. The van der Waals surface area contributed by atoms with Crippen LogP contribution in [-0.2, 0) is 9.59 Å². The van der Waals surface area contributed by atoms with Crippen molar-refractivity contribution in [2.75, 3.05) is 19.7 Å². The molecular weight excluding hydrogens is 504 g/mol. The first-order chi connectivity index (χ1) is 17.8. The predicted molar refractivity (Wildman–Crippen MR) is 162 cm³/mol. The Balaban J connectivity index is 3.81. The smallest absolute Gasteiger partial charge is 0.251 e. The van der Waals surface area contributed by atoms with Gasteiger partial charge in [0.1, 0.15) is 0 Å². The molecule has 0 aliphatic heterocycles. The number of carbonyl (C=O) groups excluding carboxylic acids is 2. The number of rotatable bonds is 21. The van der Waals surface area contributed by atoms with Crippen molar-refractivity contribution in [3.8, 4) is 0 Å². The minimum Gasteiger partial charge on any atom is -0.393 e. The van der Waals surface area contributed by atoms with Crippen LogP contribution in [-0.4, -0.2) is 51.9 Å². The molecule has 0 fully saturated rings. The third-order valence-electron chi connectivity index (χ3n) is 5.00. The first-order valence-corrected chi connectivity index (χ1v) is 13.9. The fraction of sp³-hybridized carbons (Fsp3) is 0.517. The van der Waals surface area contributed by atoms with Crippen LogP contribution in [0.1, 0.15) is 64.7 Å². The Bertz CT molecular complexity index is 787. The zero-order valence-corrected chi connectivity index (χ0v) is 23.9. The van der Waals surface area contributed by atoms with Gasteiger partial charge in [0, 0.05) is 19.5 Å². The van der Waals surface area contributed by atoms with E-state index in [1.807, 2.05) is 12.2 Å². The highest BCUT2D eigenvalue weighted by atomic mass is 32.2. The fourth-order valence-corrected chi connectivity index (χ4v) is 3.24. The third-order valence-corrected chi connectivity index (χ3v) is 5.77. The van der Waals surface area contributed by atoms with Crippen LogP contribution in [0.25, 0.3) is 0 Å². The molecule has 0 aliphatic rings. The molecule has 2 amide bonds. The minimum atomic E-state index is -1.44. The first kappa shape index (κ1) is 35.0. The van der Waals surface area contributed by atoms with Gasteiger partial charge in [-0.1, -0.05) is 79.8 Å². The summed E-state index contributed by atoms with van der Waals surface area (Å²) in [6.07, 6.45) is 31.5. The summed E-state index contributed by atoms with van der Waals surface area (Å²) in [6.45, 7) is 1.96. The van der Waals surface area contributed by atoms with Crippen molar-refractivity contribution < 1.29 is 19.8 Å². The zero-order valence-electron chi connectivity index (χ0n) is 22.1. The number of aliphatic hydroxyl groups excluding tert-OH is 2. The highest BCUT2D eigenvalue weighted by Gasteiger charge is 2.22. The lowest BCUT2D eigenvalue weighted by Gasteiger charge is -2.23. The van der Waals surface area contributed by atoms with E-state index in [0.717, 1.165) is 38.5 Å². The van der Waals surface area contributed by atoms with Crippen molar-refractivity contribution >= 4 is 37.1 Å². The molecule has 0 heterocycles. The highest BCUT2D eigenvalue weighted by molar-refractivity contribution is 8.00. The van der Waals surface area contributed by atoms with Crippen molar-refractivity contribution in [1.82, 2.24) is 10.6 Å². The second kappa shape index (κ2) is 24.3. The Morgan fingerprint density at radius 2 is 1.24 bits per heavy atom. The van der Waals surface area contributed by atoms with Gasteiger partial charge in [-0.3, -0.25) is 9.59 Å². The van der Waals surface area contributed by atoms with Crippen LogP contribution >= 0.6 is 25.3 Å². The molecule has 6 nitrogen and oxygen atoms in total. The van der Waals surface area contributed by atoms with E-state index in [-0.39, 0.29) is 19.0 Å². The Morgan fingerprint density at radius 1 is 0.784 bits per heavy atom. The number of carbonyl (C=O) groups is 2. The monoisotopic (exact) mass is 550 g/mol. The summed E-state index contributed by atoms with van der Waals surface area (Å²) in [5.41, 5.74) is 0. The molecule has 8 heteroatoms. The minimum absolute atomic E-state index is 0.0910. The molecule has 0 aromatic heterocycles. The van der Waals surface area contributed by atoms with E-state index in [9.17, 15) is 14.7 Å². The maximum Gasteiger partial charge on any atom is 0.251 e. The van der Waals surface area contributed by atoms with Gasteiger partial charge >= 0.3 is 0 Å². The van der Waals surface area contributed by atoms with Crippen molar-refractivity contribution in [3.05, 3.63) is 72.9 Å². The molecule has 0 aromatic carbocycles. The highest BCUT2D eigenvalue weighted by Crippen LogP contribution is 2.22. The van der Waals surface area contributed by atoms with Crippen LogP contribution in [0.2, 0.25) is 0 Å². The number of nitrogens with one attached hydrogen (secondary N) is 2. The molecule has 0 saturated heterocycles. The predicted octanol–water partition coefficient (Wildman–Crippen LogP) is 5.00. The normalized spacial score (nSPS) is 13.8. The maximum absolute atomic E-state index is 12.0. The van der Waals surface area contributed by atoms with Crippen molar-refractivity contribution in [1.29, 1.82) is 0 Å². The van der Waals surface area contributed by atoms with Crippen molar-refractivity contribution in [2.24, 2.45) is 0 Å². The molecule has 37 heavy (non-hydrogen) atoms. The quantitative estimate of drug-likeness (QED) is 0.0689. The molecule has 0 rings (SSSR count). The fourth-order valence-electron chi connectivity index (χ4n) is 2.86. The zero-order chi connectivity index (χ0) is 27.6. The average Bonchev–Trinajstić information content (AvgIpc) is 2.88. The summed E-state index contributed by atoms with van der Waals surface area (Å²) < 4.78 is -0.804. The Labute approximate surface area is 234 Å². The molecule has 1 unspecified atom stereocenters. The first-order valence-electron chi connectivity index (χ1n) is 13.0. The standard InChI is InChI=1S/C29H46N2O4S2/c1-2-3-4-5-6-7-8-9-10-11-12-13-14-15-16-17-18-19-20-21-27(34)31-25-29(36,37)22-23-30-28(35)26(33)24-32/h3-4,6-7,9-10,12-13,15-16,18-19,26,32-33,36-37H,2,5,8,11,14,17,20-25H2,1H3,(H,30,35)(H,31,34)/b4-3-,7-6-,10-9-,13-12-,16-15-,19-18-. The maximum atomic E-state index is 12.0. The van der Waals surface area contributed by atoms with E-state index < -0.39 is 22.7 Å². The van der Waals surface area contributed by atoms with Gasteiger partial charge in [-0.15, -0.1) is 0 Å². The van der Waals surface area contributed by atoms with E-state index in [0.29, 0.717) is 19.3 Å². The average molecular weight is 551 g/mol. The van der Waals surface area contributed by atoms with Gasteiger partial charge in [0.05, 0.1) is 10.7 Å². The number of aliphatic hydroxyl groups is 2. The Morgan fingerprint density at radius 3 is 1.70 bits per heavy atom. The SMILES string of the molecule is CC/C=C\C/C=C\C/C=C\C/C=C\C/C=C\C/C=C\CCC(=O)NCC(S)(S)CCNC(=O)C(O)CO. The van der Waals surface area contributed by atoms with E-state index in [2.05, 4.69) is 104 Å². The number of allylic oxidation sites excluding steroid dienone is 12. The van der Waals surface area contributed by atoms with Crippen molar-refractivity contribution in [3.63, 3.8) is 0 Å². The summed E-state index contributed by atoms with van der Waals surface area (Å²) in [5.74, 6) is -0.743. The lowest BCUT2D eigenvalue weighted by Crippen LogP contribution is -2.41. The molecule has 0 spiro atoms. The van der Waals surface area contributed by atoms with Gasteiger partial charge in [-0.05, 0) is 51.4 Å². The number of hydrogen-bond acceptors (Lipinski definition) is 6. The Kier molecular flexibility index (Phi) is 23.0. The molecule has 0 bridgehead atoms. The second-order valence-electron chi connectivity index (χ2n) is 8.45. The number of hydrogen-bond donors (Lipinski definition) is 6. The summed E-state index contributed by atoms with van der Waals surface area (Å²) >= 11 is 8.81. The van der Waals surface area contributed by atoms with Crippen LogP contribution in [0.3, 0.4) is 0 Å². The van der Waals surface area contributed by atoms with Gasteiger partial charge in [-0.2, -0.15) is 25.3 Å². The molecule has 208 valence electrons. The molecule has 0 radical (unpaired) electrons. The van der Waals surface area contributed by atoms with Gasteiger partial charge in [-0.25, -0.2) is 0 Å². The summed E-state index contributed by atoms with van der Waals surface area (Å²) in [6, 6.07) is 0. The molecule has 0 saturated carbocycles. The van der Waals surface area contributed by atoms with E-state index in [1.54, 1.807) is 0 Å². The largest absolute Gasteiger partial charge is 0.393 e. The lowest BCUT2D eigenvalue weighted by molar-refractivity contribution is -0.131. The van der Waals surface area contributed by atoms with Crippen LogP contribution in [0, 0.1) is 0 Å². The van der Waals surface area contributed by atoms with Gasteiger partial charge < -0.3 is 20.8 Å². The molecule has 1 atom stereocenters. The molecule has 4 N–H and O–H groups in total. The second-order valence-corrected chi connectivity index (χ2v) is 10.5. The van der Waals surface area contributed by atoms with Crippen molar-refractivity contribution in [2.45, 2.75) is 74.9 Å². The summed E-state index contributed by atoms with van der Waals surface area (Å²) in [4.78, 5) is 23.4. The van der Waals surface area contributed by atoms with Gasteiger partial charge in [0.25, 0.3) is 5.91 Å². The van der Waals surface area contributed by atoms with E-state index >= 15 is 0 Å². The van der Waals surface area contributed by atoms with Crippen LogP contribution in [0.15, 0.2) is 72.9 Å². The number of amides is 2. The van der Waals surface area contributed by atoms with E-state index in [4.69, 9.17) is 5.11 Å². The third kappa shape index (κ3) is 24.1. The van der Waals surface area contributed by atoms with Gasteiger partial charge in [0.15, 0.2) is 6.10 Å². The van der Waals surface area contributed by atoms with Gasteiger partial charge in [0.2, 0.25) is 5.91 Å². The van der Waals surface area contributed by atoms with Crippen LogP contribution in [0.5, 0.6) is 0 Å². The summed E-state index contributed by atoms with van der Waals surface area (Å²) in [7, 11) is 0. The van der Waals surface area contributed by atoms with E-state index in [1.165, 1.54) is 0 Å². The molecular formula is C29H46N2O4S2.